The van der Waals surface area contributed by atoms with Crippen molar-refractivity contribution in [1.29, 1.82) is 0 Å². The predicted molar refractivity (Wildman–Crippen MR) is 94.6 cm³/mol. The summed E-state index contributed by atoms with van der Waals surface area (Å²) in [6.45, 7) is 1.91. The van der Waals surface area contributed by atoms with Crippen molar-refractivity contribution in [1.82, 2.24) is 19.4 Å². The van der Waals surface area contributed by atoms with Gasteiger partial charge in [-0.3, -0.25) is 18.7 Å². The smallest absolute Gasteiger partial charge is 0.332 e. The van der Waals surface area contributed by atoms with Crippen molar-refractivity contribution < 1.29 is 4.79 Å². The van der Waals surface area contributed by atoms with Gasteiger partial charge in [-0.05, 0) is 24.6 Å². The summed E-state index contributed by atoms with van der Waals surface area (Å²) in [4.78, 5) is 41.5. The zero-order valence-corrected chi connectivity index (χ0v) is 14.0. The van der Waals surface area contributed by atoms with E-state index in [0.29, 0.717) is 5.52 Å². The van der Waals surface area contributed by atoms with Gasteiger partial charge >= 0.3 is 5.69 Å². The molecular weight excluding hydrogens is 320 g/mol. The molecule has 25 heavy (non-hydrogen) atoms. The van der Waals surface area contributed by atoms with E-state index in [1.165, 1.54) is 17.8 Å². The van der Waals surface area contributed by atoms with E-state index in [0.717, 1.165) is 15.7 Å². The number of aryl methyl sites for hydroxylation is 1. The molecular formula is C18H18N4O3. The molecule has 7 nitrogen and oxygen atoms in total. The van der Waals surface area contributed by atoms with Crippen LogP contribution >= 0.6 is 0 Å². The number of hydrogen-bond acceptors (Lipinski definition) is 4. The summed E-state index contributed by atoms with van der Waals surface area (Å²) < 4.78 is 2.39. The number of hydrogen-bond donors (Lipinski definition) is 1. The third-order valence-electron chi connectivity index (χ3n) is 4.03. The average Bonchev–Trinajstić information content (AvgIpc) is 2.63. The lowest BCUT2D eigenvalue weighted by molar-refractivity contribution is -0.121. The lowest BCUT2D eigenvalue weighted by atomic mass is 10.1. The zero-order chi connectivity index (χ0) is 18.0. The Hall–Kier alpha value is -3.22. The Kier molecular flexibility index (Phi) is 4.47. The van der Waals surface area contributed by atoms with Gasteiger partial charge in [0.15, 0.2) is 5.52 Å². The lowest BCUT2D eigenvalue weighted by Gasteiger charge is -2.13. The molecule has 1 amide bonds. The number of carbonyl (C=O) groups is 1. The Morgan fingerprint density at radius 3 is 2.52 bits per heavy atom. The van der Waals surface area contributed by atoms with Crippen LogP contribution in [0.5, 0.6) is 0 Å². The first-order valence-electron chi connectivity index (χ1n) is 7.85. The molecule has 2 aromatic heterocycles. The van der Waals surface area contributed by atoms with E-state index in [9.17, 15) is 14.4 Å². The Morgan fingerprint density at radius 1 is 1.12 bits per heavy atom. The number of nitrogens with zero attached hydrogens (tertiary/aromatic N) is 3. The van der Waals surface area contributed by atoms with Crippen molar-refractivity contribution in [2.45, 2.75) is 20.0 Å². The van der Waals surface area contributed by atoms with Gasteiger partial charge in [0.2, 0.25) is 5.91 Å². The van der Waals surface area contributed by atoms with Crippen molar-refractivity contribution in [3.8, 4) is 0 Å². The quantitative estimate of drug-likeness (QED) is 0.757. The highest BCUT2D eigenvalue weighted by Gasteiger charge is 2.15. The summed E-state index contributed by atoms with van der Waals surface area (Å²) in [5, 5.41) is 2.49. The number of rotatable bonds is 4. The second-order valence-corrected chi connectivity index (χ2v) is 5.79. The average molecular weight is 338 g/mol. The molecule has 0 spiro atoms. The highest BCUT2D eigenvalue weighted by atomic mass is 16.2. The summed E-state index contributed by atoms with van der Waals surface area (Å²) in [5.74, 6) is -0.326. The number of nitrogens with one attached hydrogen (secondary N) is 1. The van der Waals surface area contributed by atoms with E-state index in [1.54, 1.807) is 12.1 Å². The van der Waals surface area contributed by atoms with Crippen molar-refractivity contribution in [3.63, 3.8) is 0 Å². The molecule has 0 saturated heterocycles. The largest absolute Gasteiger partial charge is 0.358 e. The molecule has 128 valence electrons. The van der Waals surface area contributed by atoms with Crippen LogP contribution in [-0.2, 0) is 17.9 Å². The monoisotopic (exact) mass is 338 g/mol. The lowest BCUT2D eigenvalue weighted by Crippen LogP contribution is -2.42. The molecule has 0 fully saturated rings. The maximum atomic E-state index is 12.8. The highest BCUT2D eigenvalue weighted by Crippen LogP contribution is 2.07. The van der Waals surface area contributed by atoms with E-state index in [1.807, 2.05) is 31.2 Å². The first-order chi connectivity index (χ1) is 12.0. The fourth-order valence-corrected chi connectivity index (χ4v) is 2.63. The maximum Gasteiger partial charge on any atom is 0.332 e. The standard InChI is InChI=1S/C18H18N4O3/c1-12-5-7-13(8-6-12)10-22-17(24)16-14(4-3-9-20-16)21(18(22)25)11-15(23)19-2/h3-9H,10-11H2,1-2H3,(H,19,23). The van der Waals surface area contributed by atoms with Crippen LogP contribution in [0, 0.1) is 6.92 Å². The molecule has 0 atom stereocenters. The SMILES string of the molecule is CNC(=O)Cn1c(=O)n(Cc2ccc(C)cc2)c(=O)c2ncccc21. The summed E-state index contributed by atoms with van der Waals surface area (Å²) >= 11 is 0. The van der Waals surface area contributed by atoms with Gasteiger partial charge in [0.25, 0.3) is 5.56 Å². The van der Waals surface area contributed by atoms with Crippen molar-refractivity contribution in [2.24, 2.45) is 0 Å². The van der Waals surface area contributed by atoms with Crippen LogP contribution in [0.2, 0.25) is 0 Å². The van der Waals surface area contributed by atoms with Crippen molar-refractivity contribution in [3.05, 3.63) is 74.6 Å². The first kappa shape index (κ1) is 16.6. The minimum absolute atomic E-state index is 0.123. The number of amides is 1. The number of fused-ring (bicyclic) bond motifs is 1. The zero-order valence-electron chi connectivity index (χ0n) is 14.0. The second kappa shape index (κ2) is 6.72. The van der Waals surface area contributed by atoms with Gasteiger partial charge in [-0.15, -0.1) is 0 Å². The van der Waals surface area contributed by atoms with Crippen LogP contribution in [0.15, 0.2) is 52.2 Å². The molecule has 7 heteroatoms. The van der Waals surface area contributed by atoms with Crippen molar-refractivity contribution in [2.75, 3.05) is 7.05 Å². The topological polar surface area (TPSA) is 86.0 Å². The molecule has 2 heterocycles. The van der Waals surface area contributed by atoms with Gasteiger partial charge in [0, 0.05) is 13.2 Å². The maximum absolute atomic E-state index is 12.8. The normalized spacial score (nSPS) is 10.8. The molecule has 0 saturated carbocycles. The molecule has 0 bridgehead atoms. The first-order valence-corrected chi connectivity index (χ1v) is 7.85. The molecule has 1 N–H and O–H groups in total. The molecule has 0 aliphatic heterocycles. The molecule has 0 unspecified atom stereocenters. The number of benzene rings is 1. The minimum atomic E-state index is -0.533. The minimum Gasteiger partial charge on any atom is -0.358 e. The number of carbonyl (C=O) groups excluding carboxylic acids is 1. The Balaban J connectivity index is 2.21. The van der Waals surface area contributed by atoms with Crippen LogP contribution in [0.1, 0.15) is 11.1 Å². The molecule has 0 radical (unpaired) electrons. The van der Waals surface area contributed by atoms with E-state index < -0.39 is 11.2 Å². The van der Waals surface area contributed by atoms with Crippen LogP contribution in [0.25, 0.3) is 11.0 Å². The van der Waals surface area contributed by atoms with E-state index >= 15 is 0 Å². The van der Waals surface area contributed by atoms with Crippen LogP contribution in [0.3, 0.4) is 0 Å². The Labute approximate surface area is 143 Å². The van der Waals surface area contributed by atoms with Gasteiger partial charge < -0.3 is 5.32 Å². The third-order valence-corrected chi connectivity index (χ3v) is 4.03. The molecule has 0 aliphatic rings. The summed E-state index contributed by atoms with van der Waals surface area (Å²) in [5.41, 5.74) is 1.43. The third kappa shape index (κ3) is 3.21. The number of pyridine rings is 1. The summed E-state index contributed by atoms with van der Waals surface area (Å²) in [7, 11) is 1.50. The Morgan fingerprint density at radius 2 is 1.84 bits per heavy atom. The van der Waals surface area contributed by atoms with Gasteiger partial charge in [0.1, 0.15) is 6.54 Å². The summed E-state index contributed by atoms with van der Waals surface area (Å²) in [6.07, 6.45) is 1.49. The molecule has 3 rings (SSSR count). The highest BCUT2D eigenvalue weighted by molar-refractivity contribution is 5.79. The Bertz CT molecular complexity index is 1050. The molecule has 1 aromatic carbocycles. The number of likely N-dealkylation sites (N-methyl/N-ethyl adjacent to an activating group) is 1. The molecule has 3 aromatic rings. The van der Waals surface area contributed by atoms with Gasteiger partial charge in [-0.1, -0.05) is 29.8 Å². The second-order valence-electron chi connectivity index (χ2n) is 5.79. The van der Waals surface area contributed by atoms with Crippen LogP contribution in [-0.4, -0.2) is 27.1 Å². The van der Waals surface area contributed by atoms with Gasteiger partial charge in [0.05, 0.1) is 12.1 Å². The number of aromatic nitrogens is 3. The predicted octanol–water partition coefficient (Wildman–Crippen LogP) is 0.661. The van der Waals surface area contributed by atoms with E-state index in [2.05, 4.69) is 10.3 Å². The van der Waals surface area contributed by atoms with Gasteiger partial charge in [-0.25, -0.2) is 9.78 Å². The van der Waals surface area contributed by atoms with Crippen molar-refractivity contribution >= 4 is 16.9 Å². The molecule has 0 aliphatic carbocycles. The van der Waals surface area contributed by atoms with Crippen LogP contribution < -0.4 is 16.6 Å². The fraction of sp³-hybridized carbons (Fsp3) is 0.222. The van der Waals surface area contributed by atoms with E-state index in [-0.39, 0.29) is 24.5 Å². The van der Waals surface area contributed by atoms with E-state index in [4.69, 9.17) is 0 Å². The van der Waals surface area contributed by atoms with Gasteiger partial charge in [-0.2, -0.15) is 0 Å². The van der Waals surface area contributed by atoms with Crippen LogP contribution in [0.4, 0.5) is 0 Å². The fourth-order valence-electron chi connectivity index (χ4n) is 2.63. The summed E-state index contributed by atoms with van der Waals surface area (Å²) in [6, 6.07) is 10.8.